The minimum absolute atomic E-state index is 0.264. The fourth-order valence-corrected chi connectivity index (χ4v) is 2.29. The molecule has 1 N–H and O–H groups in total. The van der Waals surface area contributed by atoms with E-state index < -0.39 is 11.8 Å². The molecule has 0 aliphatic rings. The summed E-state index contributed by atoms with van der Waals surface area (Å²) in [4.78, 5) is 14.7. The highest BCUT2D eigenvalue weighted by molar-refractivity contribution is 14.1. The molecule has 0 aliphatic carbocycles. The number of pyridine rings is 1. The van der Waals surface area contributed by atoms with Crippen molar-refractivity contribution in [3.8, 4) is 0 Å². The van der Waals surface area contributed by atoms with E-state index in [1.165, 1.54) is 12.1 Å². The lowest BCUT2D eigenvalue weighted by Gasteiger charge is -2.06. The Balaban J connectivity index is 2.75. The van der Waals surface area contributed by atoms with Crippen molar-refractivity contribution in [3.63, 3.8) is 0 Å². The number of aryl methyl sites for hydroxylation is 1. The van der Waals surface area contributed by atoms with Crippen molar-refractivity contribution < 1.29 is 14.3 Å². The van der Waals surface area contributed by atoms with Crippen LogP contribution in [-0.2, 0) is 4.79 Å². The topological polar surface area (TPSA) is 50.2 Å². The standard InChI is InChI=1S/C13H9FINO2/c1-7-4-8(2-3-12(17)18)10-5-9(15)6-11(14)13(10)16-7/h2-6H,1H3,(H,17,18)/b3-2+. The molecule has 0 saturated heterocycles. The van der Waals surface area contributed by atoms with Gasteiger partial charge in [-0.25, -0.2) is 9.18 Å². The maximum absolute atomic E-state index is 13.8. The van der Waals surface area contributed by atoms with Crippen molar-refractivity contribution in [3.05, 3.63) is 44.9 Å². The van der Waals surface area contributed by atoms with Crippen molar-refractivity contribution in [2.45, 2.75) is 6.92 Å². The molecule has 1 aromatic heterocycles. The normalized spacial score (nSPS) is 11.3. The first-order chi connectivity index (χ1) is 8.47. The molecule has 0 aliphatic heterocycles. The van der Waals surface area contributed by atoms with E-state index >= 15 is 0 Å². The second-order valence-corrected chi connectivity index (χ2v) is 5.05. The number of benzene rings is 1. The maximum atomic E-state index is 13.8. The first kappa shape index (κ1) is 12.9. The Hall–Kier alpha value is -1.50. The van der Waals surface area contributed by atoms with Crippen LogP contribution in [0.1, 0.15) is 11.3 Å². The first-order valence-electron chi connectivity index (χ1n) is 5.15. The highest BCUT2D eigenvalue weighted by Gasteiger charge is 2.08. The minimum Gasteiger partial charge on any atom is -0.478 e. The van der Waals surface area contributed by atoms with Gasteiger partial charge in [0.1, 0.15) is 11.3 Å². The molecule has 18 heavy (non-hydrogen) atoms. The van der Waals surface area contributed by atoms with Gasteiger partial charge in [0.2, 0.25) is 0 Å². The van der Waals surface area contributed by atoms with E-state index in [2.05, 4.69) is 4.98 Å². The van der Waals surface area contributed by atoms with Crippen LogP contribution in [-0.4, -0.2) is 16.1 Å². The Morgan fingerprint density at radius 3 is 2.83 bits per heavy atom. The Morgan fingerprint density at radius 2 is 2.17 bits per heavy atom. The molecule has 2 aromatic rings. The lowest BCUT2D eigenvalue weighted by Crippen LogP contribution is -1.93. The van der Waals surface area contributed by atoms with Crippen LogP contribution in [0.3, 0.4) is 0 Å². The summed E-state index contributed by atoms with van der Waals surface area (Å²) in [6.07, 6.45) is 2.49. The van der Waals surface area contributed by atoms with E-state index in [9.17, 15) is 9.18 Å². The van der Waals surface area contributed by atoms with Crippen LogP contribution >= 0.6 is 22.6 Å². The molecule has 1 aromatic carbocycles. The SMILES string of the molecule is Cc1cc(/C=C/C(=O)O)c2cc(I)cc(F)c2n1. The van der Waals surface area contributed by atoms with Crippen molar-refractivity contribution in [2.75, 3.05) is 0 Å². The number of fused-ring (bicyclic) bond motifs is 1. The van der Waals surface area contributed by atoms with Crippen LogP contribution < -0.4 is 0 Å². The van der Waals surface area contributed by atoms with Crippen LogP contribution in [0, 0.1) is 16.3 Å². The zero-order valence-corrected chi connectivity index (χ0v) is 11.6. The summed E-state index contributed by atoms with van der Waals surface area (Å²) in [6, 6.07) is 4.92. The smallest absolute Gasteiger partial charge is 0.328 e. The molecule has 0 amide bonds. The zero-order chi connectivity index (χ0) is 13.3. The van der Waals surface area contributed by atoms with Gasteiger partial charge in [0.15, 0.2) is 0 Å². The minimum atomic E-state index is -1.04. The number of rotatable bonds is 2. The van der Waals surface area contributed by atoms with Gasteiger partial charge >= 0.3 is 5.97 Å². The third kappa shape index (κ3) is 2.66. The molecule has 0 saturated carbocycles. The van der Waals surface area contributed by atoms with Gasteiger partial charge in [-0.05, 0) is 59.4 Å². The van der Waals surface area contributed by atoms with E-state index in [1.807, 2.05) is 22.6 Å². The molecule has 0 fully saturated rings. The molecule has 5 heteroatoms. The number of carboxylic acid groups (broad SMARTS) is 1. The average molecular weight is 357 g/mol. The Labute approximate surface area is 116 Å². The zero-order valence-electron chi connectivity index (χ0n) is 9.45. The van der Waals surface area contributed by atoms with Gasteiger partial charge in [-0.2, -0.15) is 0 Å². The summed E-state index contributed by atoms with van der Waals surface area (Å²) >= 11 is 2.01. The van der Waals surface area contributed by atoms with Crippen LogP contribution in [0.4, 0.5) is 4.39 Å². The van der Waals surface area contributed by atoms with Crippen molar-refractivity contribution >= 4 is 45.5 Å². The summed E-state index contributed by atoms with van der Waals surface area (Å²) in [5.74, 6) is -1.44. The Bertz CT molecular complexity index is 668. The van der Waals surface area contributed by atoms with E-state index in [-0.39, 0.29) is 5.52 Å². The lowest BCUT2D eigenvalue weighted by molar-refractivity contribution is -0.131. The summed E-state index contributed by atoms with van der Waals surface area (Å²) in [5.41, 5.74) is 1.56. The van der Waals surface area contributed by atoms with Gasteiger partial charge in [-0.15, -0.1) is 0 Å². The van der Waals surface area contributed by atoms with Crippen LogP contribution in [0.15, 0.2) is 24.3 Å². The van der Waals surface area contributed by atoms with Gasteiger partial charge in [0, 0.05) is 20.7 Å². The molecular formula is C13H9FINO2. The predicted octanol–water partition coefficient (Wildman–Crippen LogP) is 3.38. The van der Waals surface area contributed by atoms with E-state index in [0.29, 0.717) is 16.6 Å². The highest BCUT2D eigenvalue weighted by Crippen LogP contribution is 2.24. The Kier molecular flexibility index (Phi) is 3.60. The quantitative estimate of drug-likeness (QED) is 0.662. The second kappa shape index (κ2) is 5.01. The molecule has 0 unspecified atom stereocenters. The molecule has 0 atom stereocenters. The molecule has 0 radical (unpaired) electrons. The van der Waals surface area contributed by atoms with Crippen LogP contribution in [0.2, 0.25) is 0 Å². The van der Waals surface area contributed by atoms with Crippen LogP contribution in [0.5, 0.6) is 0 Å². The summed E-state index contributed by atoms with van der Waals surface area (Å²) in [5, 5.41) is 9.26. The van der Waals surface area contributed by atoms with Crippen molar-refractivity contribution in [1.29, 1.82) is 0 Å². The average Bonchev–Trinajstić information content (AvgIpc) is 2.27. The third-order valence-electron chi connectivity index (χ3n) is 2.40. The number of hydrogen-bond donors (Lipinski definition) is 1. The van der Waals surface area contributed by atoms with Gasteiger partial charge in [0.05, 0.1) is 0 Å². The molecule has 1 heterocycles. The first-order valence-corrected chi connectivity index (χ1v) is 6.22. The highest BCUT2D eigenvalue weighted by atomic mass is 127. The maximum Gasteiger partial charge on any atom is 0.328 e. The number of hydrogen-bond acceptors (Lipinski definition) is 2. The molecular weight excluding hydrogens is 348 g/mol. The van der Waals surface area contributed by atoms with Gasteiger partial charge < -0.3 is 5.11 Å². The molecule has 0 bridgehead atoms. The fraction of sp³-hybridized carbons (Fsp3) is 0.0769. The molecule has 2 rings (SSSR count). The predicted molar refractivity (Wildman–Crippen MR) is 75.8 cm³/mol. The van der Waals surface area contributed by atoms with Crippen molar-refractivity contribution in [2.24, 2.45) is 0 Å². The molecule has 3 nitrogen and oxygen atoms in total. The number of aromatic nitrogens is 1. The van der Waals surface area contributed by atoms with E-state index in [0.717, 1.165) is 9.65 Å². The largest absolute Gasteiger partial charge is 0.478 e. The number of aliphatic carboxylic acids is 1. The number of carbonyl (C=O) groups is 1. The van der Waals surface area contributed by atoms with E-state index in [4.69, 9.17) is 5.11 Å². The van der Waals surface area contributed by atoms with Gasteiger partial charge in [-0.1, -0.05) is 0 Å². The van der Waals surface area contributed by atoms with Crippen LogP contribution in [0.25, 0.3) is 17.0 Å². The summed E-state index contributed by atoms with van der Waals surface area (Å²) in [7, 11) is 0. The number of halogens is 2. The summed E-state index contributed by atoms with van der Waals surface area (Å²) < 4.78 is 14.5. The lowest BCUT2D eigenvalue weighted by atomic mass is 10.1. The fourth-order valence-electron chi connectivity index (χ4n) is 1.71. The van der Waals surface area contributed by atoms with E-state index in [1.54, 1.807) is 19.1 Å². The van der Waals surface area contributed by atoms with Crippen molar-refractivity contribution in [1.82, 2.24) is 4.98 Å². The second-order valence-electron chi connectivity index (χ2n) is 3.81. The third-order valence-corrected chi connectivity index (χ3v) is 3.02. The van der Waals surface area contributed by atoms with Gasteiger partial charge in [-0.3, -0.25) is 4.98 Å². The number of nitrogens with zero attached hydrogens (tertiary/aromatic N) is 1. The Morgan fingerprint density at radius 1 is 1.44 bits per heavy atom. The summed E-state index contributed by atoms with van der Waals surface area (Å²) in [6.45, 7) is 1.74. The molecule has 92 valence electrons. The number of carboxylic acids is 1. The van der Waals surface area contributed by atoms with Gasteiger partial charge in [0.25, 0.3) is 0 Å². The monoisotopic (exact) mass is 357 g/mol. The molecule has 0 spiro atoms.